The van der Waals surface area contributed by atoms with E-state index in [0.717, 1.165) is 22.5 Å². The van der Waals surface area contributed by atoms with Crippen LogP contribution in [0.2, 0.25) is 0 Å². The number of aryl methyl sites for hydroxylation is 2. The summed E-state index contributed by atoms with van der Waals surface area (Å²) in [4.78, 5) is 20.7. The van der Waals surface area contributed by atoms with Crippen molar-refractivity contribution in [1.29, 1.82) is 0 Å². The molecule has 1 N–H and O–H groups in total. The monoisotopic (exact) mass is 427 g/mol. The fraction of sp³-hybridized carbons (Fsp3) is 0.208. The van der Waals surface area contributed by atoms with Gasteiger partial charge in [-0.05, 0) is 38.5 Å². The molecule has 32 heavy (non-hydrogen) atoms. The smallest absolute Gasteiger partial charge is 0.244 e. The predicted octanol–water partition coefficient (Wildman–Crippen LogP) is 3.16. The number of hydrogen-bond donors (Lipinski definition) is 1. The Bertz CT molecular complexity index is 1240. The molecule has 4 aromatic rings. The van der Waals surface area contributed by atoms with Crippen LogP contribution in [0.5, 0.6) is 0 Å². The predicted molar refractivity (Wildman–Crippen MR) is 122 cm³/mol. The lowest BCUT2D eigenvalue weighted by Gasteiger charge is -2.08. The quantitative estimate of drug-likeness (QED) is 0.458. The van der Waals surface area contributed by atoms with Gasteiger partial charge in [-0.3, -0.25) is 9.48 Å². The minimum Gasteiger partial charge on any atom is -0.348 e. The molecule has 1 amide bonds. The third-order valence-corrected chi connectivity index (χ3v) is 5.25. The third kappa shape index (κ3) is 4.80. The van der Waals surface area contributed by atoms with Gasteiger partial charge in [0.15, 0.2) is 5.82 Å². The number of benzene rings is 1. The minimum atomic E-state index is -0.191. The lowest BCUT2D eigenvalue weighted by Crippen LogP contribution is -2.21. The van der Waals surface area contributed by atoms with Crippen molar-refractivity contribution in [2.45, 2.75) is 33.9 Å². The van der Waals surface area contributed by atoms with Crippen LogP contribution in [0.15, 0.2) is 61.3 Å². The van der Waals surface area contributed by atoms with Crippen molar-refractivity contribution in [3.63, 3.8) is 0 Å². The number of rotatable bonds is 7. The summed E-state index contributed by atoms with van der Waals surface area (Å²) >= 11 is 0. The number of nitrogens with zero attached hydrogens (tertiary/aromatic N) is 6. The van der Waals surface area contributed by atoms with Crippen LogP contribution in [0.4, 0.5) is 0 Å². The molecular weight excluding hydrogens is 402 g/mol. The lowest BCUT2D eigenvalue weighted by molar-refractivity contribution is -0.116. The van der Waals surface area contributed by atoms with Gasteiger partial charge in [-0.25, -0.2) is 14.6 Å². The topological polar surface area (TPSA) is 90.5 Å². The summed E-state index contributed by atoms with van der Waals surface area (Å²) < 4.78 is 3.55. The number of nitrogens with one attached hydrogen (secondary N) is 1. The SMILES string of the molecule is Cc1ccc(Cn2nc(C)c(/C=C/C(=O)NCc3cccnc3-n3cncn3)c2C)cc1. The van der Waals surface area contributed by atoms with Crippen molar-refractivity contribution in [2.24, 2.45) is 0 Å². The third-order valence-electron chi connectivity index (χ3n) is 5.25. The number of hydrogen-bond acceptors (Lipinski definition) is 5. The van der Waals surface area contributed by atoms with Gasteiger partial charge in [0.2, 0.25) is 5.91 Å². The number of carbonyl (C=O) groups excluding carboxylic acids is 1. The molecule has 0 saturated heterocycles. The van der Waals surface area contributed by atoms with Gasteiger partial charge in [0, 0.05) is 35.6 Å². The van der Waals surface area contributed by atoms with Crippen LogP contribution in [0.1, 0.15) is 33.6 Å². The molecule has 3 aromatic heterocycles. The molecule has 1 aromatic carbocycles. The molecule has 162 valence electrons. The van der Waals surface area contributed by atoms with Crippen molar-refractivity contribution >= 4 is 12.0 Å². The van der Waals surface area contributed by atoms with Crippen LogP contribution in [0.25, 0.3) is 11.9 Å². The van der Waals surface area contributed by atoms with E-state index in [9.17, 15) is 4.79 Å². The molecule has 0 aliphatic heterocycles. The van der Waals surface area contributed by atoms with E-state index in [1.807, 2.05) is 36.7 Å². The fourth-order valence-electron chi connectivity index (χ4n) is 3.46. The summed E-state index contributed by atoms with van der Waals surface area (Å²) in [7, 11) is 0. The molecule has 8 heteroatoms. The molecule has 0 atom stereocenters. The Balaban J connectivity index is 1.42. The van der Waals surface area contributed by atoms with Crippen LogP contribution in [-0.2, 0) is 17.9 Å². The minimum absolute atomic E-state index is 0.191. The van der Waals surface area contributed by atoms with Gasteiger partial charge >= 0.3 is 0 Å². The van der Waals surface area contributed by atoms with Crippen LogP contribution in [0.3, 0.4) is 0 Å². The zero-order chi connectivity index (χ0) is 22.5. The first-order valence-electron chi connectivity index (χ1n) is 10.4. The fourth-order valence-corrected chi connectivity index (χ4v) is 3.46. The Labute approximate surface area is 186 Å². The normalized spacial score (nSPS) is 11.2. The Morgan fingerprint density at radius 1 is 1.12 bits per heavy atom. The molecule has 0 unspecified atom stereocenters. The second-order valence-corrected chi connectivity index (χ2v) is 7.61. The maximum absolute atomic E-state index is 12.5. The summed E-state index contributed by atoms with van der Waals surface area (Å²) in [6, 6.07) is 12.2. The van der Waals surface area contributed by atoms with Gasteiger partial charge in [-0.15, -0.1) is 0 Å². The Morgan fingerprint density at radius 2 is 1.94 bits per heavy atom. The summed E-state index contributed by atoms with van der Waals surface area (Å²) in [6.07, 6.45) is 8.07. The molecular formula is C24H25N7O. The van der Waals surface area contributed by atoms with Gasteiger partial charge < -0.3 is 5.32 Å². The van der Waals surface area contributed by atoms with Crippen molar-refractivity contribution in [1.82, 2.24) is 34.8 Å². The highest BCUT2D eigenvalue weighted by atomic mass is 16.1. The van der Waals surface area contributed by atoms with Crippen LogP contribution < -0.4 is 5.32 Å². The first-order chi connectivity index (χ1) is 15.5. The Hall–Kier alpha value is -4.07. The highest BCUT2D eigenvalue weighted by Gasteiger charge is 2.11. The number of pyridine rings is 1. The largest absolute Gasteiger partial charge is 0.348 e. The summed E-state index contributed by atoms with van der Waals surface area (Å²) in [5.74, 6) is 0.446. The summed E-state index contributed by atoms with van der Waals surface area (Å²) in [5.41, 5.74) is 6.13. The maximum Gasteiger partial charge on any atom is 0.244 e. The first-order valence-corrected chi connectivity index (χ1v) is 10.4. The van der Waals surface area contributed by atoms with Gasteiger partial charge in [0.05, 0.1) is 12.2 Å². The molecule has 3 heterocycles. The average Bonchev–Trinajstić information content (AvgIpc) is 3.41. The van der Waals surface area contributed by atoms with E-state index in [0.29, 0.717) is 18.9 Å². The van der Waals surface area contributed by atoms with Crippen molar-refractivity contribution in [2.75, 3.05) is 0 Å². The highest BCUT2D eigenvalue weighted by molar-refractivity contribution is 5.92. The van der Waals surface area contributed by atoms with Crippen LogP contribution in [-0.4, -0.2) is 35.4 Å². The maximum atomic E-state index is 12.5. The van der Waals surface area contributed by atoms with E-state index in [1.165, 1.54) is 17.5 Å². The van der Waals surface area contributed by atoms with Gasteiger partial charge in [-0.1, -0.05) is 35.9 Å². The molecule has 0 bridgehead atoms. The van der Waals surface area contributed by atoms with Crippen LogP contribution in [0, 0.1) is 20.8 Å². The summed E-state index contributed by atoms with van der Waals surface area (Å²) in [6.45, 7) is 7.07. The zero-order valence-electron chi connectivity index (χ0n) is 18.4. The van der Waals surface area contributed by atoms with Gasteiger partial charge in [0.1, 0.15) is 12.7 Å². The van der Waals surface area contributed by atoms with E-state index in [4.69, 9.17) is 0 Å². The second kappa shape index (κ2) is 9.38. The molecule has 8 nitrogen and oxygen atoms in total. The van der Waals surface area contributed by atoms with Crippen molar-refractivity contribution in [3.05, 3.63) is 95.0 Å². The zero-order valence-corrected chi connectivity index (χ0v) is 18.4. The molecule has 0 fully saturated rings. The Kier molecular flexibility index (Phi) is 6.21. The molecule has 4 rings (SSSR count). The first kappa shape index (κ1) is 21.2. The van der Waals surface area contributed by atoms with Crippen LogP contribution >= 0.6 is 0 Å². The van der Waals surface area contributed by atoms with E-state index in [-0.39, 0.29) is 5.91 Å². The van der Waals surface area contributed by atoms with E-state index in [1.54, 1.807) is 23.3 Å². The van der Waals surface area contributed by atoms with E-state index >= 15 is 0 Å². The van der Waals surface area contributed by atoms with E-state index < -0.39 is 0 Å². The van der Waals surface area contributed by atoms with Gasteiger partial charge in [-0.2, -0.15) is 10.2 Å². The lowest BCUT2D eigenvalue weighted by atomic mass is 10.1. The highest BCUT2D eigenvalue weighted by Crippen LogP contribution is 2.17. The van der Waals surface area contributed by atoms with Crippen molar-refractivity contribution < 1.29 is 4.79 Å². The molecule has 0 radical (unpaired) electrons. The molecule has 0 saturated carbocycles. The van der Waals surface area contributed by atoms with E-state index in [2.05, 4.69) is 56.7 Å². The van der Waals surface area contributed by atoms with Gasteiger partial charge in [0.25, 0.3) is 0 Å². The number of carbonyl (C=O) groups is 1. The number of amides is 1. The van der Waals surface area contributed by atoms with Crippen molar-refractivity contribution in [3.8, 4) is 5.82 Å². The Morgan fingerprint density at radius 3 is 2.69 bits per heavy atom. The standard InChI is InChI=1S/C24H25N7O/c1-17-6-8-20(9-7-17)14-30-19(3)22(18(2)29-30)10-11-23(32)27-13-21-5-4-12-26-24(21)31-16-25-15-28-31/h4-12,15-16H,13-14H2,1-3H3,(H,27,32)/b11-10+. The molecule has 0 spiro atoms. The second-order valence-electron chi connectivity index (χ2n) is 7.61. The number of aromatic nitrogens is 6. The average molecular weight is 428 g/mol. The molecule has 0 aliphatic rings. The molecule has 0 aliphatic carbocycles. The summed E-state index contributed by atoms with van der Waals surface area (Å²) in [5, 5.41) is 11.7.